The van der Waals surface area contributed by atoms with Crippen LogP contribution in [0.3, 0.4) is 0 Å². The van der Waals surface area contributed by atoms with Crippen molar-refractivity contribution in [2.45, 2.75) is 20.3 Å². The van der Waals surface area contributed by atoms with Gasteiger partial charge >= 0.3 is 0 Å². The minimum atomic E-state index is -0.450. The fraction of sp³-hybridized carbons (Fsp3) is 0.273. The Morgan fingerprint density at radius 3 is 2.80 bits per heavy atom. The number of nitrogens with zero attached hydrogens (tertiary/aromatic N) is 2. The van der Waals surface area contributed by atoms with Crippen molar-refractivity contribution in [2.24, 2.45) is 5.73 Å². The second kappa shape index (κ2) is 3.38. The number of carbonyl (C=O) groups excluding carboxylic acids is 1. The first-order valence-corrected chi connectivity index (χ1v) is 4.91. The second-order valence-electron chi connectivity index (χ2n) is 3.61. The van der Waals surface area contributed by atoms with E-state index in [0.717, 1.165) is 23.2 Å². The van der Waals surface area contributed by atoms with Crippen LogP contribution in [-0.4, -0.2) is 15.5 Å². The molecule has 0 aliphatic heterocycles. The van der Waals surface area contributed by atoms with Crippen LogP contribution in [0.2, 0.25) is 0 Å². The van der Waals surface area contributed by atoms with Gasteiger partial charge in [0.15, 0.2) is 0 Å². The average Bonchev–Trinajstić information content (AvgIpc) is 2.58. The highest BCUT2D eigenvalue weighted by Crippen LogP contribution is 2.13. The van der Waals surface area contributed by atoms with Gasteiger partial charge in [-0.3, -0.25) is 4.79 Å². The number of hydrogen-bond donors (Lipinski definition) is 1. The third-order valence-electron chi connectivity index (χ3n) is 2.37. The second-order valence-corrected chi connectivity index (χ2v) is 3.61. The monoisotopic (exact) mass is 203 g/mol. The highest BCUT2D eigenvalue weighted by atomic mass is 16.1. The Bertz CT molecular complexity index is 528. The molecular formula is C11H13N3O. The molecule has 0 saturated heterocycles. The molecule has 2 aromatic heterocycles. The molecule has 0 saturated carbocycles. The molecule has 15 heavy (non-hydrogen) atoms. The van der Waals surface area contributed by atoms with Gasteiger partial charge in [0.2, 0.25) is 0 Å². The van der Waals surface area contributed by atoms with Crippen molar-refractivity contribution >= 4 is 11.4 Å². The van der Waals surface area contributed by atoms with Gasteiger partial charge in [-0.1, -0.05) is 6.92 Å². The molecule has 78 valence electrons. The number of pyridine rings is 1. The van der Waals surface area contributed by atoms with Gasteiger partial charge < -0.3 is 5.73 Å². The number of fused-ring (bicyclic) bond motifs is 1. The zero-order valence-electron chi connectivity index (χ0n) is 8.82. The molecule has 0 aromatic carbocycles. The van der Waals surface area contributed by atoms with Crippen LogP contribution in [0.1, 0.15) is 28.7 Å². The van der Waals surface area contributed by atoms with Gasteiger partial charge in [0.05, 0.1) is 11.2 Å². The number of primary amides is 1. The minimum absolute atomic E-state index is 0.435. The lowest BCUT2D eigenvalue weighted by atomic mass is 10.2. The van der Waals surface area contributed by atoms with E-state index in [9.17, 15) is 4.79 Å². The van der Waals surface area contributed by atoms with Gasteiger partial charge in [0, 0.05) is 0 Å². The normalized spacial score (nSPS) is 10.8. The number of nitrogens with two attached hydrogens (primary N) is 1. The lowest BCUT2D eigenvalue weighted by molar-refractivity contribution is 0.0993. The summed E-state index contributed by atoms with van der Waals surface area (Å²) in [6.45, 7) is 3.96. The van der Waals surface area contributed by atoms with E-state index in [1.165, 1.54) is 0 Å². The third-order valence-corrected chi connectivity index (χ3v) is 2.37. The van der Waals surface area contributed by atoms with E-state index in [1.807, 2.05) is 26.0 Å². The van der Waals surface area contributed by atoms with Crippen molar-refractivity contribution in [3.63, 3.8) is 0 Å². The van der Waals surface area contributed by atoms with E-state index in [0.29, 0.717) is 5.69 Å². The summed E-state index contributed by atoms with van der Waals surface area (Å²) in [4.78, 5) is 11.2. The van der Waals surface area contributed by atoms with Crippen molar-refractivity contribution in [3.05, 3.63) is 35.2 Å². The lowest BCUT2D eigenvalue weighted by Gasteiger charge is -2.01. The molecule has 2 N–H and O–H groups in total. The molecule has 2 rings (SSSR count). The standard InChI is InChI=1S/C11H13N3O/c1-3-8-6-9-4-7(2)5-10(11(12)15)14(9)13-8/h4-6H,3H2,1-2H3,(H2,12,15). The fourth-order valence-electron chi connectivity index (χ4n) is 1.64. The van der Waals surface area contributed by atoms with Gasteiger partial charge in [-0.15, -0.1) is 0 Å². The summed E-state index contributed by atoms with van der Waals surface area (Å²) in [6, 6.07) is 5.71. The molecule has 2 aromatic rings. The van der Waals surface area contributed by atoms with E-state index >= 15 is 0 Å². The molecule has 0 atom stereocenters. The SMILES string of the molecule is CCc1cc2cc(C)cc(C(N)=O)n2n1. The Hall–Kier alpha value is -1.84. The van der Waals surface area contributed by atoms with Gasteiger partial charge in [-0.25, -0.2) is 4.52 Å². The van der Waals surface area contributed by atoms with Crippen LogP contribution in [-0.2, 0) is 6.42 Å². The van der Waals surface area contributed by atoms with E-state index < -0.39 is 5.91 Å². The van der Waals surface area contributed by atoms with Crippen molar-refractivity contribution in [1.29, 1.82) is 0 Å². The Balaban J connectivity index is 2.77. The quantitative estimate of drug-likeness (QED) is 0.799. The number of hydrogen-bond acceptors (Lipinski definition) is 2. The number of carbonyl (C=O) groups is 1. The molecule has 4 nitrogen and oxygen atoms in total. The first-order valence-electron chi connectivity index (χ1n) is 4.91. The van der Waals surface area contributed by atoms with Crippen molar-refractivity contribution < 1.29 is 4.79 Å². The number of amides is 1. The maximum atomic E-state index is 11.2. The van der Waals surface area contributed by atoms with Gasteiger partial charge in [0.25, 0.3) is 5.91 Å². The molecule has 4 heteroatoms. The van der Waals surface area contributed by atoms with Crippen LogP contribution in [0, 0.1) is 6.92 Å². The summed E-state index contributed by atoms with van der Waals surface area (Å²) in [6.07, 6.45) is 0.846. The van der Waals surface area contributed by atoms with E-state index in [1.54, 1.807) is 10.6 Å². The summed E-state index contributed by atoms with van der Waals surface area (Å²) in [5, 5.41) is 4.31. The molecule has 0 unspecified atom stereocenters. The van der Waals surface area contributed by atoms with E-state index in [-0.39, 0.29) is 0 Å². The predicted octanol–water partition coefficient (Wildman–Crippen LogP) is 1.30. The van der Waals surface area contributed by atoms with Crippen molar-refractivity contribution in [1.82, 2.24) is 9.61 Å². The Morgan fingerprint density at radius 2 is 2.20 bits per heavy atom. The highest BCUT2D eigenvalue weighted by molar-refractivity contribution is 5.92. The van der Waals surface area contributed by atoms with Gasteiger partial charge in [0.1, 0.15) is 5.69 Å². The predicted molar refractivity (Wildman–Crippen MR) is 57.8 cm³/mol. The van der Waals surface area contributed by atoms with Gasteiger partial charge in [-0.2, -0.15) is 5.10 Å². The maximum absolute atomic E-state index is 11.2. The van der Waals surface area contributed by atoms with Crippen LogP contribution >= 0.6 is 0 Å². The van der Waals surface area contributed by atoms with Gasteiger partial charge in [-0.05, 0) is 37.1 Å². The van der Waals surface area contributed by atoms with Crippen LogP contribution in [0.5, 0.6) is 0 Å². The third kappa shape index (κ3) is 1.58. The van der Waals surface area contributed by atoms with Crippen LogP contribution in [0.25, 0.3) is 5.52 Å². The van der Waals surface area contributed by atoms with E-state index in [4.69, 9.17) is 5.73 Å². The first kappa shape index (κ1) is 9.71. The summed E-state index contributed by atoms with van der Waals surface area (Å²) in [7, 11) is 0. The summed E-state index contributed by atoms with van der Waals surface area (Å²) in [5.74, 6) is -0.450. The summed E-state index contributed by atoms with van der Waals surface area (Å²) < 4.78 is 1.61. The molecular weight excluding hydrogens is 190 g/mol. The fourth-order valence-corrected chi connectivity index (χ4v) is 1.64. The molecule has 0 fully saturated rings. The average molecular weight is 203 g/mol. The van der Waals surface area contributed by atoms with Crippen molar-refractivity contribution in [2.75, 3.05) is 0 Å². The molecule has 0 aliphatic rings. The first-order chi connectivity index (χ1) is 7.11. The Labute approximate surface area is 87.7 Å². The number of aromatic nitrogens is 2. The zero-order valence-corrected chi connectivity index (χ0v) is 8.82. The molecule has 0 radical (unpaired) electrons. The maximum Gasteiger partial charge on any atom is 0.267 e. The van der Waals surface area contributed by atoms with Crippen LogP contribution in [0.4, 0.5) is 0 Å². The smallest absolute Gasteiger partial charge is 0.267 e. The minimum Gasteiger partial charge on any atom is -0.364 e. The number of aryl methyl sites for hydroxylation is 2. The summed E-state index contributed by atoms with van der Waals surface area (Å²) in [5.41, 5.74) is 8.63. The molecule has 0 aliphatic carbocycles. The molecule has 0 bridgehead atoms. The molecule has 1 amide bonds. The number of rotatable bonds is 2. The Kier molecular flexibility index (Phi) is 2.19. The molecule has 0 spiro atoms. The van der Waals surface area contributed by atoms with Crippen LogP contribution < -0.4 is 5.73 Å². The highest BCUT2D eigenvalue weighted by Gasteiger charge is 2.09. The Morgan fingerprint density at radius 1 is 1.47 bits per heavy atom. The van der Waals surface area contributed by atoms with Crippen LogP contribution in [0.15, 0.2) is 18.2 Å². The van der Waals surface area contributed by atoms with Crippen molar-refractivity contribution in [3.8, 4) is 0 Å². The van der Waals surface area contributed by atoms with E-state index in [2.05, 4.69) is 5.10 Å². The zero-order chi connectivity index (χ0) is 11.0. The summed E-state index contributed by atoms with van der Waals surface area (Å²) >= 11 is 0. The molecule has 2 heterocycles. The topological polar surface area (TPSA) is 60.4 Å². The lowest BCUT2D eigenvalue weighted by Crippen LogP contribution is -2.16. The largest absolute Gasteiger partial charge is 0.364 e.